The Morgan fingerprint density at radius 1 is 1.29 bits per heavy atom. The van der Waals surface area contributed by atoms with E-state index in [1.54, 1.807) is 0 Å². The fourth-order valence-electron chi connectivity index (χ4n) is 2.12. The third-order valence-corrected chi connectivity index (χ3v) is 3.74. The van der Waals surface area contributed by atoms with Gasteiger partial charge in [0.25, 0.3) is 0 Å². The summed E-state index contributed by atoms with van der Waals surface area (Å²) in [5.74, 6) is 0.135. The van der Waals surface area contributed by atoms with E-state index in [0.717, 1.165) is 6.42 Å². The molecule has 0 aromatic heterocycles. The van der Waals surface area contributed by atoms with E-state index in [2.05, 4.69) is 52.3 Å². The summed E-state index contributed by atoms with van der Waals surface area (Å²) in [5, 5.41) is 0. The molecule has 0 fully saturated rings. The summed E-state index contributed by atoms with van der Waals surface area (Å²) in [6, 6.07) is 8.38. The second-order valence-electron chi connectivity index (χ2n) is 4.15. The molecule has 0 N–H and O–H groups in total. The van der Waals surface area contributed by atoms with Crippen molar-refractivity contribution in [1.82, 2.24) is 0 Å². The SMILES string of the molecule is CC(=O)OCCC1C=CC(Br)c2ccccc21. The van der Waals surface area contributed by atoms with Crippen LogP contribution in [-0.4, -0.2) is 12.6 Å². The van der Waals surface area contributed by atoms with Crippen LogP contribution in [-0.2, 0) is 9.53 Å². The molecule has 0 saturated heterocycles. The summed E-state index contributed by atoms with van der Waals surface area (Å²) in [5.41, 5.74) is 2.63. The lowest BCUT2D eigenvalue weighted by molar-refractivity contribution is -0.141. The number of alkyl halides is 1. The second-order valence-corrected chi connectivity index (χ2v) is 5.14. The van der Waals surface area contributed by atoms with Crippen molar-refractivity contribution in [2.24, 2.45) is 0 Å². The molecule has 1 aliphatic rings. The van der Waals surface area contributed by atoms with Gasteiger partial charge in [0.1, 0.15) is 0 Å². The predicted molar refractivity (Wildman–Crippen MR) is 71.2 cm³/mol. The van der Waals surface area contributed by atoms with Crippen LogP contribution in [0, 0.1) is 0 Å². The Morgan fingerprint density at radius 2 is 2.00 bits per heavy atom. The Labute approximate surface area is 110 Å². The molecule has 0 amide bonds. The maximum absolute atomic E-state index is 10.7. The first kappa shape index (κ1) is 12.4. The highest BCUT2D eigenvalue weighted by molar-refractivity contribution is 9.09. The van der Waals surface area contributed by atoms with Crippen LogP contribution in [0.3, 0.4) is 0 Å². The first-order chi connectivity index (χ1) is 8.18. The van der Waals surface area contributed by atoms with E-state index in [0.29, 0.717) is 17.4 Å². The molecule has 3 heteroatoms. The number of benzene rings is 1. The van der Waals surface area contributed by atoms with E-state index in [4.69, 9.17) is 4.74 Å². The predicted octanol–water partition coefficient (Wildman–Crippen LogP) is 3.73. The van der Waals surface area contributed by atoms with Crippen molar-refractivity contribution in [1.29, 1.82) is 0 Å². The molecule has 1 aliphatic carbocycles. The molecule has 2 nitrogen and oxygen atoms in total. The number of rotatable bonds is 3. The number of esters is 1. The summed E-state index contributed by atoms with van der Waals surface area (Å²) < 4.78 is 5.00. The zero-order valence-electron chi connectivity index (χ0n) is 9.73. The van der Waals surface area contributed by atoms with E-state index >= 15 is 0 Å². The smallest absolute Gasteiger partial charge is 0.302 e. The zero-order valence-corrected chi connectivity index (χ0v) is 11.3. The van der Waals surface area contributed by atoms with Gasteiger partial charge in [0.15, 0.2) is 0 Å². The molecular formula is C14H15BrO2. The molecule has 2 atom stereocenters. The van der Waals surface area contributed by atoms with Crippen LogP contribution < -0.4 is 0 Å². The zero-order chi connectivity index (χ0) is 12.3. The van der Waals surface area contributed by atoms with Crippen molar-refractivity contribution in [3.63, 3.8) is 0 Å². The Bertz CT molecular complexity index is 440. The minimum atomic E-state index is -0.212. The average molecular weight is 295 g/mol. The number of halogens is 1. The molecule has 0 radical (unpaired) electrons. The van der Waals surface area contributed by atoms with Gasteiger partial charge in [-0.1, -0.05) is 52.3 Å². The van der Waals surface area contributed by atoms with Crippen LogP contribution in [0.15, 0.2) is 36.4 Å². The topological polar surface area (TPSA) is 26.3 Å². The molecular weight excluding hydrogens is 280 g/mol. The number of ether oxygens (including phenoxy) is 1. The number of fused-ring (bicyclic) bond motifs is 1. The molecule has 0 bridgehead atoms. The Kier molecular flexibility index (Phi) is 4.00. The second kappa shape index (κ2) is 5.50. The number of carbonyl (C=O) groups excluding carboxylic acids is 1. The van der Waals surface area contributed by atoms with Gasteiger partial charge in [-0.05, 0) is 17.5 Å². The van der Waals surface area contributed by atoms with Gasteiger partial charge in [0.05, 0.1) is 11.4 Å². The molecule has 1 aromatic rings. The van der Waals surface area contributed by atoms with Crippen LogP contribution in [0.5, 0.6) is 0 Å². The fourth-order valence-corrected chi connectivity index (χ4v) is 2.71. The first-order valence-corrected chi connectivity index (χ1v) is 6.64. The van der Waals surface area contributed by atoms with Gasteiger partial charge < -0.3 is 4.74 Å². The van der Waals surface area contributed by atoms with Gasteiger partial charge in [0.2, 0.25) is 0 Å². The fraction of sp³-hybridized carbons (Fsp3) is 0.357. The molecule has 17 heavy (non-hydrogen) atoms. The largest absolute Gasteiger partial charge is 0.466 e. The van der Waals surface area contributed by atoms with Gasteiger partial charge >= 0.3 is 5.97 Å². The molecule has 0 saturated carbocycles. The third kappa shape index (κ3) is 2.97. The van der Waals surface area contributed by atoms with E-state index in [1.165, 1.54) is 18.1 Å². The monoisotopic (exact) mass is 294 g/mol. The molecule has 0 heterocycles. The standard InChI is InChI=1S/C14H15BrO2/c1-10(16)17-9-8-11-6-7-14(15)13-5-3-2-4-12(11)13/h2-7,11,14H,8-9H2,1H3. The first-order valence-electron chi connectivity index (χ1n) is 5.73. The van der Waals surface area contributed by atoms with E-state index < -0.39 is 0 Å². The summed E-state index contributed by atoms with van der Waals surface area (Å²) in [4.78, 5) is 11.0. The molecule has 2 rings (SSSR count). The van der Waals surface area contributed by atoms with Crippen molar-refractivity contribution in [3.8, 4) is 0 Å². The summed E-state index contributed by atoms with van der Waals surface area (Å²) >= 11 is 3.63. The van der Waals surface area contributed by atoms with Crippen molar-refractivity contribution in [3.05, 3.63) is 47.5 Å². The van der Waals surface area contributed by atoms with E-state index in [1.807, 2.05) is 0 Å². The lowest BCUT2D eigenvalue weighted by atomic mass is 9.86. The quantitative estimate of drug-likeness (QED) is 0.482. The van der Waals surface area contributed by atoms with Crippen molar-refractivity contribution in [2.75, 3.05) is 6.61 Å². The number of hydrogen-bond donors (Lipinski definition) is 0. The van der Waals surface area contributed by atoms with Gasteiger partial charge in [-0.15, -0.1) is 0 Å². The third-order valence-electron chi connectivity index (χ3n) is 2.94. The Balaban J connectivity index is 2.09. The highest BCUT2D eigenvalue weighted by Gasteiger charge is 2.20. The number of hydrogen-bond acceptors (Lipinski definition) is 2. The molecule has 1 aromatic carbocycles. The van der Waals surface area contributed by atoms with Gasteiger partial charge in [-0.2, -0.15) is 0 Å². The molecule has 2 unspecified atom stereocenters. The minimum Gasteiger partial charge on any atom is -0.466 e. The molecule has 0 spiro atoms. The summed E-state index contributed by atoms with van der Waals surface area (Å²) in [6.07, 6.45) is 5.18. The highest BCUT2D eigenvalue weighted by atomic mass is 79.9. The van der Waals surface area contributed by atoms with Crippen molar-refractivity contribution >= 4 is 21.9 Å². The van der Waals surface area contributed by atoms with Crippen molar-refractivity contribution in [2.45, 2.75) is 24.1 Å². The van der Waals surface area contributed by atoms with Crippen LogP contribution in [0.1, 0.15) is 35.2 Å². The van der Waals surface area contributed by atoms with Gasteiger partial charge in [-0.3, -0.25) is 4.79 Å². The summed E-state index contributed by atoms with van der Waals surface area (Å²) in [6.45, 7) is 1.92. The van der Waals surface area contributed by atoms with Crippen LogP contribution in [0.25, 0.3) is 0 Å². The van der Waals surface area contributed by atoms with Gasteiger partial charge in [0, 0.05) is 12.8 Å². The maximum atomic E-state index is 10.7. The highest BCUT2D eigenvalue weighted by Crippen LogP contribution is 2.38. The normalized spacial score (nSPS) is 22.0. The Hall–Kier alpha value is -1.09. The molecule has 90 valence electrons. The maximum Gasteiger partial charge on any atom is 0.302 e. The Morgan fingerprint density at radius 3 is 2.71 bits per heavy atom. The summed E-state index contributed by atoms with van der Waals surface area (Å²) in [7, 11) is 0. The van der Waals surface area contributed by atoms with Crippen LogP contribution in [0.4, 0.5) is 0 Å². The van der Waals surface area contributed by atoms with Crippen LogP contribution >= 0.6 is 15.9 Å². The van der Waals surface area contributed by atoms with Gasteiger partial charge in [-0.25, -0.2) is 0 Å². The average Bonchev–Trinajstić information content (AvgIpc) is 2.32. The number of carbonyl (C=O) groups is 1. The lowest BCUT2D eigenvalue weighted by Gasteiger charge is -2.23. The molecule has 0 aliphatic heterocycles. The van der Waals surface area contributed by atoms with Crippen LogP contribution in [0.2, 0.25) is 0 Å². The minimum absolute atomic E-state index is 0.212. The lowest BCUT2D eigenvalue weighted by Crippen LogP contribution is -2.10. The number of allylic oxidation sites excluding steroid dienone is 2. The van der Waals surface area contributed by atoms with E-state index in [-0.39, 0.29) is 5.97 Å². The van der Waals surface area contributed by atoms with Crippen molar-refractivity contribution < 1.29 is 9.53 Å². The van der Waals surface area contributed by atoms with E-state index in [9.17, 15) is 4.79 Å².